The minimum absolute atomic E-state index is 0.00760. The molecular weight excluding hydrogens is 1730 g/mol. The van der Waals surface area contributed by atoms with Crippen LogP contribution in [0.5, 0.6) is 0 Å². The molecule has 0 radical (unpaired) electrons. The van der Waals surface area contributed by atoms with E-state index >= 15 is 0 Å². The summed E-state index contributed by atoms with van der Waals surface area (Å²) in [5.41, 5.74) is 28.6. The quantitative estimate of drug-likeness (QED) is 0.0237. The maximum absolute atomic E-state index is 13.2. The molecule has 716 valence electrons. The van der Waals surface area contributed by atoms with Crippen molar-refractivity contribution in [3.05, 3.63) is 319 Å². The number of nitrogens with one attached hydrogen (secondary N) is 4. The van der Waals surface area contributed by atoms with Crippen molar-refractivity contribution < 1.29 is 39.6 Å². The van der Waals surface area contributed by atoms with Crippen LogP contribution in [0.3, 0.4) is 0 Å². The van der Waals surface area contributed by atoms with Crippen molar-refractivity contribution in [2.24, 2.45) is 23.7 Å². The van der Waals surface area contributed by atoms with Gasteiger partial charge < -0.3 is 41.7 Å². The van der Waals surface area contributed by atoms with Crippen LogP contribution in [-0.4, -0.2) is 83.9 Å². The number of aliphatic hydroxyl groups is 4. The molecule has 9 aromatic carbocycles. The van der Waals surface area contributed by atoms with Gasteiger partial charge in [0.1, 0.15) is 0 Å². The highest BCUT2D eigenvalue weighted by molar-refractivity contribution is 5.95. The van der Waals surface area contributed by atoms with E-state index in [1.54, 1.807) is 0 Å². The van der Waals surface area contributed by atoms with Crippen LogP contribution in [0.25, 0.3) is 55.8 Å². The number of anilines is 4. The number of hydrogen-bond donors (Lipinski definition) is 8. The van der Waals surface area contributed by atoms with Crippen molar-refractivity contribution >= 4 is 57.7 Å². The third kappa shape index (κ3) is 25.3. The van der Waals surface area contributed by atoms with Crippen LogP contribution in [0.2, 0.25) is 0 Å². The number of fused-ring (bicyclic) bond motifs is 13. The second-order valence-electron chi connectivity index (χ2n) is 39.7. The van der Waals surface area contributed by atoms with E-state index in [-0.39, 0.29) is 50.1 Å². The van der Waals surface area contributed by atoms with E-state index in [0.29, 0.717) is 79.0 Å². The minimum Gasteiger partial charge on any atom is -0.392 e. The second-order valence-corrected chi connectivity index (χ2v) is 39.7. The van der Waals surface area contributed by atoms with E-state index in [2.05, 4.69) is 118 Å². The molecule has 13 aromatic rings. The molecule has 20 heteroatoms. The number of carbonyl (C=O) groups excluding carboxylic acids is 4. The Labute approximate surface area is 817 Å². The molecule has 8 aliphatic rings. The third-order valence-corrected chi connectivity index (χ3v) is 29.6. The van der Waals surface area contributed by atoms with Crippen molar-refractivity contribution in [2.45, 2.75) is 277 Å². The molecule has 4 aromatic heterocycles. The van der Waals surface area contributed by atoms with E-state index in [4.69, 9.17) is 39.9 Å². The summed E-state index contributed by atoms with van der Waals surface area (Å²) in [6.45, 7) is 0.187. The van der Waals surface area contributed by atoms with Gasteiger partial charge in [0, 0.05) is 35.1 Å². The molecule has 139 heavy (non-hydrogen) atoms. The monoisotopic (exact) mass is 1860 g/mol. The lowest BCUT2D eigenvalue weighted by Crippen LogP contribution is -2.21. The van der Waals surface area contributed by atoms with Gasteiger partial charge in [-0.05, 0) is 198 Å². The van der Waals surface area contributed by atoms with Gasteiger partial charge in [-0.25, -0.2) is 39.9 Å². The van der Waals surface area contributed by atoms with Crippen LogP contribution in [0.4, 0.5) is 23.3 Å². The molecule has 0 spiro atoms. The lowest BCUT2D eigenvalue weighted by Gasteiger charge is -2.25. The Bertz CT molecular complexity index is 6460. The summed E-state index contributed by atoms with van der Waals surface area (Å²) in [6, 6.07) is 69.1. The number of benzene rings is 9. The van der Waals surface area contributed by atoms with Crippen LogP contribution in [0.15, 0.2) is 206 Å². The highest BCUT2D eigenvalue weighted by Gasteiger charge is 2.32. The van der Waals surface area contributed by atoms with Gasteiger partial charge in [-0.3, -0.25) is 19.2 Å². The molecule has 0 saturated heterocycles. The smallest absolute Gasteiger partial charge is 0.229 e. The van der Waals surface area contributed by atoms with Crippen molar-refractivity contribution in [1.29, 1.82) is 0 Å². The highest BCUT2D eigenvalue weighted by Crippen LogP contribution is 2.43. The molecule has 4 fully saturated rings. The summed E-state index contributed by atoms with van der Waals surface area (Å²) in [4.78, 5) is 92.3. The van der Waals surface area contributed by atoms with Gasteiger partial charge in [-0.15, -0.1) is 0 Å². The van der Waals surface area contributed by atoms with Gasteiger partial charge in [-0.2, -0.15) is 0 Å². The molecule has 0 unspecified atom stereocenters. The number of rotatable bonds is 27. The topological polar surface area (TPSA) is 300 Å². The molecular formula is C119H132N12O8. The zero-order valence-corrected chi connectivity index (χ0v) is 80.3. The normalized spacial score (nSPS) is 15.4. The Morgan fingerprint density at radius 3 is 0.885 bits per heavy atom. The predicted molar refractivity (Wildman–Crippen MR) is 551 cm³/mol. The fourth-order valence-electron chi connectivity index (χ4n) is 22.0. The van der Waals surface area contributed by atoms with Crippen molar-refractivity contribution in [3.63, 3.8) is 0 Å². The van der Waals surface area contributed by atoms with Gasteiger partial charge in [0.25, 0.3) is 0 Å². The molecule has 4 saturated carbocycles. The molecule has 8 N–H and O–H groups in total. The average Bonchev–Trinajstić information content (AvgIpc) is 0.779. The van der Waals surface area contributed by atoms with Gasteiger partial charge >= 0.3 is 0 Å². The van der Waals surface area contributed by atoms with Crippen LogP contribution in [-0.2, 0) is 148 Å². The fourth-order valence-corrected chi connectivity index (χ4v) is 22.0. The summed E-state index contributed by atoms with van der Waals surface area (Å²) < 4.78 is 0. The number of hydrogen-bond acceptors (Lipinski definition) is 16. The maximum atomic E-state index is 13.2. The minimum atomic E-state index is -0.0572. The largest absolute Gasteiger partial charge is 0.392 e. The third-order valence-electron chi connectivity index (χ3n) is 29.6. The van der Waals surface area contributed by atoms with Gasteiger partial charge in [0.2, 0.25) is 23.6 Å². The number of aryl methyl sites for hydroxylation is 10. The Hall–Kier alpha value is -12.7. The van der Waals surface area contributed by atoms with E-state index in [1.807, 2.05) is 109 Å². The number of carbonyl (C=O) groups is 4. The van der Waals surface area contributed by atoms with Crippen LogP contribution >= 0.6 is 0 Å². The Morgan fingerprint density at radius 2 is 0.547 bits per heavy atom. The van der Waals surface area contributed by atoms with Crippen LogP contribution in [0, 0.1) is 23.7 Å². The summed E-state index contributed by atoms with van der Waals surface area (Å²) in [5.74, 6) is 4.85. The zero-order valence-electron chi connectivity index (χ0n) is 80.3. The summed E-state index contributed by atoms with van der Waals surface area (Å²) in [7, 11) is 0. The first kappa shape index (κ1) is 96.5. The van der Waals surface area contributed by atoms with Gasteiger partial charge in [0.05, 0.1) is 108 Å². The van der Waals surface area contributed by atoms with E-state index in [9.17, 15) is 39.6 Å². The molecule has 4 heterocycles. The SMILES string of the molecule is O=C(CCCc1ccccc1)Nc1nc2c(nc1CC1CCCCC1)-c1ccc(CO)cc1CC2.O=C(CCc1ccccc1)Nc1nc2c(nc1CC1CCCCC1)-c1ccc(CO)cc1CC2.O=C(Cc1ccc2ccccc2c1)Nc1nc2c(nc1CC1CCCCC1)-c1ccc(CO)cc1CC2.O=C(Cc1ccccc1)Nc1nc2c(nc1CC1CCCCC1)-c1ccc(CO)cc1CC2. The summed E-state index contributed by atoms with van der Waals surface area (Å²) >= 11 is 0. The number of aliphatic hydroxyl groups excluding tert-OH is 4. The first-order valence-electron chi connectivity index (χ1n) is 51.5. The van der Waals surface area contributed by atoms with E-state index in [1.165, 1.54) is 162 Å². The molecule has 0 atom stereocenters. The van der Waals surface area contributed by atoms with Gasteiger partial charge in [0.15, 0.2) is 23.3 Å². The molecule has 8 aliphatic carbocycles. The highest BCUT2D eigenvalue weighted by atomic mass is 16.3. The first-order valence-corrected chi connectivity index (χ1v) is 51.5. The Balaban J connectivity index is 0.000000123. The fraction of sp³-hybridized carbons (Fsp3) is 0.395. The molecule has 20 nitrogen and oxygen atoms in total. The summed E-state index contributed by atoms with van der Waals surface area (Å²) in [6.07, 6.45) is 39.1. The second kappa shape index (κ2) is 47.3. The average molecular weight is 1860 g/mol. The van der Waals surface area contributed by atoms with E-state index < -0.39 is 0 Å². The predicted octanol–water partition coefficient (Wildman–Crippen LogP) is 22.5. The summed E-state index contributed by atoms with van der Waals surface area (Å²) in [5, 5.41) is 53.0. The molecule has 4 amide bonds. The Morgan fingerprint density at radius 1 is 0.259 bits per heavy atom. The Kier molecular flexibility index (Phi) is 32.8. The number of amides is 4. The standard InChI is InChI=1S/C32H33N3O2.C30H35N3O2.C29H33N3O2.C28H31N3O2/c36-20-23-11-14-27-26(17-23)13-15-28-31(27)33-29(18-21-6-2-1-3-7-21)32(34-28)35-30(37)19-22-10-12-24-8-4-5-9-25(24)16-22;34-20-23-14-16-25-24(18-23)15-17-26-29(25)31-27(19-22-10-5-2-6-11-22)30(32-26)33-28(35)13-7-12-21-8-3-1-4-9-21;33-19-22-11-14-24-23(17-22)13-15-25-28(24)30-26(18-21-9-5-2-6-10-21)29(31-25)32-27(34)16-12-20-7-3-1-4-8-20;32-18-21-11-13-23-22(15-21)12-14-24-27(23)29-25(16-19-7-3-1-4-8-19)28(30-24)31-26(33)17-20-9-5-2-6-10-20/h4-5,8-12,14,16-17,21,36H,1-3,6-7,13,15,18-20H2,(H,34,35,37);1,3-4,8-9,14,16,18,22,34H,2,5-7,10-13,15,17,19-20H2,(H,32,33,35);1,3-4,7-8,11,14,17,21,33H,2,5-6,9-10,12-13,15-16,18-19H2,(H,31,32,34);2,5-6,9-11,13,15,19,32H,1,3-4,7-8,12,14,16-18H2,(H,30,31,33). The van der Waals surface area contributed by atoms with E-state index in [0.717, 1.165) is 225 Å². The molecule has 0 bridgehead atoms. The lowest BCUT2D eigenvalue weighted by atomic mass is 9.85. The van der Waals surface area contributed by atoms with Gasteiger partial charge in [-0.1, -0.05) is 335 Å². The number of aromatic nitrogens is 8. The number of nitrogens with zero attached hydrogens (tertiary/aromatic N) is 8. The van der Waals surface area contributed by atoms with Crippen LogP contribution in [0.1, 0.15) is 260 Å². The van der Waals surface area contributed by atoms with Crippen molar-refractivity contribution in [2.75, 3.05) is 21.3 Å². The maximum Gasteiger partial charge on any atom is 0.229 e. The first-order chi connectivity index (χ1) is 68.2. The lowest BCUT2D eigenvalue weighted by molar-refractivity contribution is -0.117. The molecule has 21 rings (SSSR count). The van der Waals surface area contributed by atoms with Crippen molar-refractivity contribution in [3.8, 4) is 45.0 Å². The van der Waals surface area contributed by atoms with Crippen molar-refractivity contribution in [1.82, 2.24) is 39.9 Å². The molecule has 0 aliphatic heterocycles. The van der Waals surface area contributed by atoms with Crippen LogP contribution < -0.4 is 21.3 Å². The zero-order chi connectivity index (χ0) is 95.2.